The van der Waals surface area contributed by atoms with Crippen LogP contribution in [0.15, 0.2) is 84.6 Å². The Labute approximate surface area is 222 Å². The van der Waals surface area contributed by atoms with Gasteiger partial charge in [-0.25, -0.2) is 10.4 Å². The molecule has 0 atom stereocenters. The van der Waals surface area contributed by atoms with Crippen molar-refractivity contribution in [2.75, 3.05) is 11.9 Å². The monoisotopic (exact) mass is 527 g/mol. The van der Waals surface area contributed by atoms with Gasteiger partial charge >= 0.3 is 0 Å². The lowest BCUT2D eigenvalue weighted by Crippen LogP contribution is -2.19. The molecule has 0 radical (unpaired) electrons. The molecule has 5 rings (SSSR count). The van der Waals surface area contributed by atoms with Crippen molar-refractivity contribution in [1.29, 1.82) is 0 Å². The second-order valence-corrected chi connectivity index (χ2v) is 8.50. The number of hydrogen-bond donors (Lipinski definition) is 2. The quantitative estimate of drug-likeness (QED) is 0.207. The number of fused-ring (bicyclic) bond motifs is 1. The van der Waals surface area contributed by atoms with Crippen LogP contribution in [0.1, 0.15) is 21.7 Å². The Morgan fingerprint density at radius 2 is 1.97 bits per heavy atom. The molecule has 5 aromatic rings. The van der Waals surface area contributed by atoms with Gasteiger partial charge in [0.1, 0.15) is 23.7 Å². The first-order valence-electron chi connectivity index (χ1n) is 11.6. The fourth-order valence-corrected chi connectivity index (χ4v) is 3.71. The SMILES string of the molecule is O=C(N/N=C/c1ccc(OCc2cn(CCNc3ccnc4cc(Cl)ccc34)nn2)cc1)c1cnccn1. The number of rotatable bonds is 10. The molecule has 11 nitrogen and oxygen atoms in total. The molecule has 12 heteroatoms. The van der Waals surface area contributed by atoms with Crippen molar-refractivity contribution < 1.29 is 9.53 Å². The van der Waals surface area contributed by atoms with Crippen LogP contribution < -0.4 is 15.5 Å². The smallest absolute Gasteiger partial charge is 0.291 e. The molecule has 0 fully saturated rings. The van der Waals surface area contributed by atoms with Crippen LogP contribution in [-0.2, 0) is 13.2 Å². The van der Waals surface area contributed by atoms with Crippen molar-refractivity contribution >= 4 is 40.3 Å². The van der Waals surface area contributed by atoms with Crippen LogP contribution in [0.4, 0.5) is 5.69 Å². The van der Waals surface area contributed by atoms with E-state index in [0.29, 0.717) is 29.6 Å². The van der Waals surface area contributed by atoms with Gasteiger partial charge in [-0.3, -0.25) is 19.4 Å². The molecule has 2 N–H and O–H groups in total. The molecule has 0 spiro atoms. The number of anilines is 1. The van der Waals surface area contributed by atoms with E-state index in [1.807, 2.05) is 54.7 Å². The minimum Gasteiger partial charge on any atom is -0.487 e. The van der Waals surface area contributed by atoms with E-state index in [-0.39, 0.29) is 12.3 Å². The number of halogens is 1. The van der Waals surface area contributed by atoms with Gasteiger partial charge in [0.15, 0.2) is 0 Å². The van der Waals surface area contributed by atoms with Crippen LogP contribution >= 0.6 is 11.6 Å². The third-order valence-corrected chi connectivity index (χ3v) is 5.62. The molecule has 1 amide bonds. The molecule has 190 valence electrons. The summed E-state index contributed by atoms with van der Waals surface area (Å²) in [6.45, 7) is 1.57. The molecule has 0 bridgehead atoms. The van der Waals surface area contributed by atoms with Gasteiger partial charge in [0, 0.05) is 41.2 Å². The Kier molecular flexibility index (Phi) is 7.75. The fourth-order valence-electron chi connectivity index (χ4n) is 3.54. The highest BCUT2D eigenvalue weighted by molar-refractivity contribution is 6.31. The number of hydrogen-bond acceptors (Lipinski definition) is 9. The van der Waals surface area contributed by atoms with Gasteiger partial charge in [-0.2, -0.15) is 5.10 Å². The van der Waals surface area contributed by atoms with E-state index in [0.717, 1.165) is 22.2 Å². The maximum Gasteiger partial charge on any atom is 0.291 e. The van der Waals surface area contributed by atoms with E-state index in [2.05, 4.69) is 41.1 Å². The number of carbonyl (C=O) groups excluding carboxylic acids is 1. The van der Waals surface area contributed by atoms with E-state index in [4.69, 9.17) is 16.3 Å². The van der Waals surface area contributed by atoms with Gasteiger partial charge in [-0.15, -0.1) is 5.10 Å². The maximum absolute atomic E-state index is 11.9. The summed E-state index contributed by atoms with van der Waals surface area (Å²) < 4.78 is 7.58. The number of amides is 1. The maximum atomic E-state index is 11.9. The van der Waals surface area contributed by atoms with Gasteiger partial charge in [0.05, 0.1) is 30.7 Å². The highest BCUT2D eigenvalue weighted by atomic mass is 35.5. The topological polar surface area (TPSA) is 132 Å². The first-order valence-corrected chi connectivity index (χ1v) is 12.0. The summed E-state index contributed by atoms with van der Waals surface area (Å²) in [5.41, 5.74) is 5.93. The summed E-state index contributed by atoms with van der Waals surface area (Å²) in [6, 6.07) is 14.9. The number of hydrazone groups is 1. The molecule has 2 aromatic carbocycles. The lowest BCUT2D eigenvalue weighted by atomic mass is 10.2. The summed E-state index contributed by atoms with van der Waals surface area (Å²) >= 11 is 6.06. The van der Waals surface area contributed by atoms with Crippen LogP contribution in [0.25, 0.3) is 10.9 Å². The molecule has 0 aliphatic carbocycles. The number of aromatic nitrogens is 6. The lowest BCUT2D eigenvalue weighted by molar-refractivity contribution is 0.0949. The van der Waals surface area contributed by atoms with Crippen LogP contribution in [0.3, 0.4) is 0 Å². The third kappa shape index (κ3) is 6.45. The molecule has 0 saturated carbocycles. The van der Waals surface area contributed by atoms with Gasteiger partial charge in [0.2, 0.25) is 0 Å². The van der Waals surface area contributed by atoms with Crippen molar-refractivity contribution in [2.45, 2.75) is 13.2 Å². The second-order valence-electron chi connectivity index (χ2n) is 8.07. The van der Waals surface area contributed by atoms with Crippen molar-refractivity contribution in [3.63, 3.8) is 0 Å². The highest BCUT2D eigenvalue weighted by Crippen LogP contribution is 2.24. The van der Waals surface area contributed by atoms with Crippen LogP contribution in [0.5, 0.6) is 5.75 Å². The number of nitrogens with one attached hydrogen (secondary N) is 2. The predicted molar refractivity (Wildman–Crippen MR) is 143 cm³/mol. The molecular formula is C26H22ClN9O2. The number of ether oxygens (including phenoxy) is 1. The van der Waals surface area contributed by atoms with E-state index in [1.54, 1.807) is 10.9 Å². The molecule has 0 aliphatic heterocycles. The zero-order valence-corrected chi connectivity index (χ0v) is 20.8. The Morgan fingerprint density at radius 3 is 2.82 bits per heavy atom. The van der Waals surface area contributed by atoms with Gasteiger partial charge in [-0.05, 0) is 54.1 Å². The van der Waals surface area contributed by atoms with Crippen molar-refractivity contribution in [1.82, 2.24) is 35.4 Å². The number of carbonyl (C=O) groups is 1. The Morgan fingerprint density at radius 1 is 1.08 bits per heavy atom. The molecule has 0 saturated heterocycles. The van der Waals surface area contributed by atoms with Gasteiger partial charge in [-0.1, -0.05) is 16.8 Å². The first kappa shape index (κ1) is 24.8. The Balaban J connectivity index is 1.07. The second kappa shape index (κ2) is 11.9. The lowest BCUT2D eigenvalue weighted by Gasteiger charge is -2.09. The van der Waals surface area contributed by atoms with Gasteiger partial charge < -0.3 is 10.1 Å². The number of nitrogens with zero attached hydrogens (tertiary/aromatic N) is 7. The average Bonchev–Trinajstić information content (AvgIpc) is 3.40. The first-order chi connectivity index (χ1) is 18.6. The largest absolute Gasteiger partial charge is 0.487 e. The van der Waals surface area contributed by atoms with Crippen molar-refractivity contribution in [3.05, 3.63) is 101 Å². The average molecular weight is 528 g/mol. The van der Waals surface area contributed by atoms with E-state index in [9.17, 15) is 4.79 Å². The highest BCUT2D eigenvalue weighted by Gasteiger charge is 2.06. The Bertz CT molecular complexity index is 1560. The van der Waals surface area contributed by atoms with Crippen molar-refractivity contribution in [2.24, 2.45) is 5.10 Å². The molecule has 38 heavy (non-hydrogen) atoms. The Hall–Kier alpha value is -4.90. The van der Waals surface area contributed by atoms with E-state index in [1.165, 1.54) is 24.8 Å². The zero-order valence-electron chi connectivity index (χ0n) is 20.0. The van der Waals surface area contributed by atoms with Crippen molar-refractivity contribution in [3.8, 4) is 5.75 Å². The molecular weight excluding hydrogens is 506 g/mol. The normalized spacial score (nSPS) is 11.1. The number of pyridine rings is 1. The van der Waals surface area contributed by atoms with E-state index >= 15 is 0 Å². The summed E-state index contributed by atoms with van der Waals surface area (Å²) in [5.74, 6) is 0.237. The van der Waals surface area contributed by atoms with Crippen LogP contribution in [0, 0.1) is 0 Å². The molecule has 0 aliphatic rings. The molecule has 3 aromatic heterocycles. The number of benzene rings is 2. The summed E-state index contributed by atoms with van der Waals surface area (Å²) in [6.07, 6.45) is 9.44. The minimum atomic E-state index is -0.436. The van der Waals surface area contributed by atoms with E-state index < -0.39 is 5.91 Å². The van der Waals surface area contributed by atoms with Crippen LogP contribution in [0.2, 0.25) is 5.02 Å². The standard InChI is InChI=1S/C26H22ClN9O2/c27-19-3-6-22-23(7-8-29-24(22)13-19)31-11-12-36-16-20(33-35-36)17-38-21-4-1-18(2-5-21)14-32-34-26(37)25-15-28-9-10-30-25/h1-10,13-16H,11-12,17H2,(H,29,31)(H,34,37)/b32-14+. The summed E-state index contributed by atoms with van der Waals surface area (Å²) in [7, 11) is 0. The summed E-state index contributed by atoms with van der Waals surface area (Å²) in [5, 5.41) is 17.4. The minimum absolute atomic E-state index is 0.190. The summed E-state index contributed by atoms with van der Waals surface area (Å²) in [4.78, 5) is 24.1. The zero-order chi connectivity index (χ0) is 26.2. The predicted octanol–water partition coefficient (Wildman–Crippen LogP) is 3.72. The third-order valence-electron chi connectivity index (χ3n) is 5.39. The molecule has 0 unspecified atom stereocenters. The van der Waals surface area contributed by atoms with Gasteiger partial charge in [0.25, 0.3) is 5.91 Å². The fraction of sp³-hybridized carbons (Fsp3) is 0.115. The van der Waals surface area contributed by atoms with Crippen LogP contribution in [-0.4, -0.2) is 48.6 Å². The molecule has 3 heterocycles.